The molecular weight excluding hydrogens is 246 g/mol. The largest absolute Gasteiger partial charge is 0.302 e. The molecule has 1 atom stereocenters. The highest BCUT2D eigenvalue weighted by molar-refractivity contribution is 5.78. The van der Waals surface area contributed by atoms with Crippen molar-refractivity contribution in [3.63, 3.8) is 0 Å². The van der Waals surface area contributed by atoms with Crippen molar-refractivity contribution in [2.24, 2.45) is 0 Å². The van der Waals surface area contributed by atoms with Gasteiger partial charge >= 0.3 is 0 Å². The zero-order valence-corrected chi connectivity index (χ0v) is 12.4. The number of hydrogen-bond donors (Lipinski definition) is 0. The van der Waals surface area contributed by atoms with Crippen molar-refractivity contribution >= 4 is 10.9 Å². The van der Waals surface area contributed by atoms with Crippen LogP contribution < -0.4 is 0 Å². The molecule has 0 radical (unpaired) electrons. The Morgan fingerprint density at radius 1 is 1.35 bits per heavy atom. The number of fused-ring (bicyclic) bond motifs is 1. The van der Waals surface area contributed by atoms with Gasteiger partial charge in [0.1, 0.15) is 0 Å². The monoisotopic (exact) mass is 269 g/mol. The normalized spacial score (nSPS) is 20.1. The number of likely N-dealkylation sites (tertiary alicyclic amines) is 1. The Kier molecular flexibility index (Phi) is 3.99. The van der Waals surface area contributed by atoms with Crippen LogP contribution in [0.4, 0.5) is 0 Å². The SMILES string of the molecule is CN(Cc1cnc2ccccc2c1)C[C@@H]1CCCN1C. The minimum atomic E-state index is 0.716. The van der Waals surface area contributed by atoms with Crippen LogP contribution in [0.5, 0.6) is 0 Å². The summed E-state index contributed by atoms with van der Waals surface area (Å²) in [7, 11) is 4.45. The molecule has 0 aliphatic carbocycles. The number of pyridine rings is 1. The maximum absolute atomic E-state index is 4.54. The summed E-state index contributed by atoms with van der Waals surface area (Å²) in [5.41, 5.74) is 2.38. The molecule has 1 saturated heterocycles. The molecule has 2 heterocycles. The van der Waals surface area contributed by atoms with Crippen LogP contribution in [0.2, 0.25) is 0 Å². The number of nitrogens with zero attached hydrogens (tertiary/aromatic N) is 3. The van der Waals surface area contributed by atoms with Crippen LogP contribution in [0.3, 0.4) is 0 Å². The average molecular weight is 269 g/mol. The van der Waals surface area contributed by atoms with Crippen molar-refractivity contribution in [3.8, 4) is 0 Å². The Balaban J connectivity index is 1.66. The van der Waals surface area contributed by atoms with E-state index in [1.165, 1.54) is 30.3 Å². The van der Waals surface area contributed by atoms with Gasteiger partial charge in [-0.3, -0.25) is 4.98 Å². The van der Waals surface area contributed by atoms with E-state index in [2.05, 4.69) is 53.1 Å². The molecule has 3 rings (SSSR count). The van der Waals surface area contributed by atoms with Crippen LogP contribution in [0, 0.1) is 0 Å². The van der Waals surface area contributed by atoms with Crippen LogP contribution >= 0.6 is 0 Å². The molecular formula is C17H23N3. The molecule has 0 unspecified atom stereocenters. The topological polar surface area (TPSA) is 19.4 Å². The number of likely N-dealkylation sites (N-methyl/N-ethyl adjacent to an activating group) is 2. The second-order valence-electron chi connectivity index (χ2n) is 6.01. The molecule has 1 aromatic heterocycles. The molecule has 0 amide bonds. The Morgan fingerprint density at radius 3 is 3.00 bits per heavy atom. The molecule has 1 aliphatic heterocycles. The zero-order valence-electron chi connectivity index (χ0n) is 12.4. The predicted octanol–water partition coefficient (Wildman–Crippen LogP) is 2.76. The van der Waals surface area contributed by atoms with Crippen LogP contribution in [0.25, 0.3) is 10.9 Å². The van der Waals surface area contributed by atoms with Crippen molar-refractivity contribution in [1.29, 1.82) is 0 Å². The van der Waals surface area contributed by atoms with Gasteiger partial charge < -0.3 is 9.80 Å². The van der Waals surface area contributed by atoms with E-state index in [1.54, 1.807) is 0 Å². The van der Waals surface area contributed by atoms with Gasteiger partial charge in [-0.05, 0) is 51.2 Å². The van der Waals surface area contributed by atoms with Crippen LogP contribution in [-0.2, 0) is 6.54 Å². The number of benzene rings is 1. The van der Waals surface area contributed by atoms with Gasteiger partial charge in [0.05, 0.1) is 5.52 Å². The highest BCUT2D eigenvalue weighted by Crippen LogP contribution is 2.17. The summed E-state index contributed by atoms with van der Waals surface area (Å²) in [5, 5.41) is 1.23. The first-order chi connectivity index (χ1) is 9.72. The summed E-state index contributed by atoms with van der Waals surface area (Å²) in [6, 6.07) is 11.3. The number of aromatic nitrogens is 1. The first kappa shape index (κ1) is 13.5. The summed E-state index contributed by atoms with van der Waals surface area (Å²) in [6.45, 7) is 3.36. The van der Waals surface area contributed by atoms with Gasteiger partial charge in [0.2, 0.25) is 0 Å². The van der Waals surface area contributed by atoms with E-state index in [9.17, 15) is 0 Å². The first-order valence-corrected chi connectivity index (χ1v) is 7.45. The summed E-state index contributed by atoms with van der Waals surface area (Å²) in [6.07, 6.45) is 4.68. The smallest absolute Gasteiger partial charge is 0.0702 e. The standard InChI is InChI=1S/C17H23N3/c1-19(13-16-7-5-9-20(16)2)12-14-10-15-6-3-4-8-17(15)18-11-14/h3-4,6,8,10-11,16H,5,7,9,12-13H2,1-2H3/t16-/m0/s1. The van der Waals surface area contributed by atoms with E-state index in [0.717, 1.165) is 18.6 Å². The molecule has 20 heavy (non-hydrogen) atoms. The fourth-order valence-electron chi connectivity index (χ4n) is 3.15. The third-order valence-electron chi connectivity index (χ3n) is 4.29. The van der Waals surface area contributed by atoms with Crippen LogP contribution in [-0.4, -0.2) is 48.0 Å². The lowest BCUT2D eigenvalue weighted by atomic mass is 10.1. The third-order valence-corrected chi connectivity index (χ3v) is 4.29. The Bertz CT molecular complexity index is 581. The number of para-hydroxylation sites is 1. The molecule has 3 heteroatoms. The van der Waals surface area contributed by atoms with Crippen LogP contribution in [0.1, 0.15) is 18.4 Å². The molecule has 0 N–H and O–H groups in total. The second kappa shape index (κ2) is 5.90. The molecule has 0 spiro atoms. The lowest BCUT2D eigenvalue weighted by molar-refractivity contribution is 0.215. The molecule has 0 bridgehead atoms. The van der Waals surface area contributed by atoms with E-state index >= 15 is 0 Å². The Labute approximate surface area is 121 Å². The van der Waals surface area contributed by atoms with E-state index in [1.807, 2.05) is 12.3 Å². The van der Waals surface area contributed by atoms with Gasteiger partial charge in [-0.15, -0.1) is 0 Å². The highest BCUT2D eigenvalue weighted by Gasteiger charge is 2.21. The maximum atomic E-state index is 4.54. The molecule has 1 aliphatic rings. The van der Waals surface area contributed by atoms with Gasteiger partial charge in [-0.25, -0.2) is 0 Å². The summed E-state index contributed by atoms with van der Waals surface area (Å²) in [5.74, 6) is 0. The van der Waals surface area contributed by atoms with Crippen molar-refractivity contribution in [2.75, 3.05) is 27.2 Å². The van der Waals surface area contributed by atoms with Gasteiger partial charge in [0.25, 0.3) is 0 Å². The lowest BCUT2D eigenvalue weighted by Crippen LogP contribution is -2.36. The lowest BCUT2D eigenvalue weighted by Gasteiger charge is -2.25. The minimum absolute atomic E-state index is 0.716. The maximum Gasteiger partial charge on any atom is 0.0702 e. The van der Waals surface area contributed by atoms with E-state index in [-0.39, 0.29) is 0 Å². The zero-order chi connectivity index (χ0) is 13.9. The molecule has 2 aromatic rings. The summed E-state index contributed by atoms with van der Waals surface area (Å²) in [4.78, 5) is 9.44. The van der Waals surface area contributed by atoms with Gasteiger partial charge in [0, 0.05) is 30.7 Å². The second-order valence-corrected chi connectivity index (χ2v) is 6.01. The highest BCUT2D eigenvalue weighted by atomic mass is 15.2. The number of rotatable bonds is 4. The molecule has 0 saturated carbocycles. The third kappa shape index (κ3) is 3.00. The fraction of sp³-hybridized carbons (Fsp3) is 0.471. The van der Waals surface area contributed by atoms with Gasteiger partial charge in [0.15, 0.2) is 0 Å². The van der Waals surface area contributed by atoms with Gasteiger partial charge in [-0.1, -0.05) is 18.2 Å². The minimum Gasteiger partial charge on any atom is -0.302 e. The number of hydrogen-bond acceptors (Lipinski definition) is 3. The Morgan fingerprint density at radius 2 is 2.20 bits per heavy atom. The Hall–Kier alpha value is -1.45. The fourth-order valence-corrected chi connectivity index (χ4v) is 3.15. The van der Waals surface area contributed by atoms with Crippen molar-refractivity contribution in [1.82, 2.24) is 14.8 Å². The average Bonchev–Trinajstić information content (AvgIpc) is 2.84. The van der Waals surface area contributed by atoms with E-state index in [4.69, 9.17) is 0 Å². The summed E-state index contributed by atoms with van der Waals surface area (Å²) < 4.78 is 0. The van der Waals surface area contributed by atoms with Crippen molar-refractivity contribution < 1.29 is 0 Å². The first-order valence-electron chi connectivity index (χ1n) is 7.45. The van der Waals surface area contributed by atoms with Crippen molar-refractivity contribution in [2.45, 2.75) is 25.4 Å². The molecule has 106 valence electrons. The molecule has 1 aromatic carbocycles. The predicted molar refractivity (Wildman–Crippen MR) is 83.7 cm³/mol. The van der Waals surface area contributed by atoms with E-state index < -0.39 is 0 Å². The van der Waals surface area contributed by atoms with E-state index in [0.29, 0.717) is 6.04 Å². The summed E-state index contributed by atoms with van der Waals surface area (Å²) >= 11 is 0. The molecule has 1 fully saturated rings. The van der Waals surface area contributed by atoms with Crippen molar-refractivity contribution in [3.05, 3.63) is 42.1 Å². The van der Waals surface area contributed by atoms with Gasteiger partial charge in [-0.2, -0.15) is 0 Å². The molecule has 3 nitrogen and oxygen atoms in total. The quantitative estimate of drug-likeness (QED) is 0.851. The van der Waals surface area contributed by atoms with Crippen LogP contribution in [0.15, 0.2) is 36.5 Å².